The quantitative estimate of drug-likeness (QED) is 0.615. The molecule has 2 aromatic heterocycles. The minimum atomic E-state index is -0.642. The monoisotopic (exact) mass is 410 g/mol. The lowest BCUT2D eigenvalue weighted by Gasteiger charge is -2.24. The maximum absolute atomic E-state index is 13.3. The van der Waals surface area contributed by atoms with Crippen molar-refractivity contribution in [1.82, 2.24) is 4.57 Å². The standard InChI is InChI=1S/C21H18N2O5S/c1-12-17(20(25)27-3)18(14-4-6-15(26-2)7-5-14)23-19(24)16(29-21(23)22-12)10-13-8-9-28-11-13/h4-11,18H,1-3H3/t18-/m0/s1. The summed E-state index contributed by atoms with van der Waals surface area (Å²) in [5, 5.41) is 0. The van der Waals surface area contributed by atoms with Gasteiger partial charge in [0.25, 0.3) is 5.56 Å². The van der Waals surface area contributed by atoms with E-state index in [1.54, 1.807) is 50.8 Å². The van der Waals surface area contributed by atoms with E-state index in [1.165, 1.54) is 23.0 Å². The normalized spacial score (nSPS) is 16.4. The molecule has 0 bridgehead atoms. The fourth-order valence-corrected chi connectivity index (χ4v) is 4.35. The first-order valence-corrected chi connectivity index (χ1v) is 9.62. The molecule has 0 fully saturated rings. The Morgan fingerprint density at radius 2 is 2.00 bits per heavy atom. The second-order valence-corrected chi connectivity index (χ2v) is 7.41. The Hall–Kier alpha value is -3.39. The molecule has 148 valence electrons. The molecule has 0 radical (unpaired) electrons. The third-order valence-corrected chi connectivity index (χ3v) is 5.68. The molecule has 1 atom stereocenters. The van der Waals surface area contributed by atoms with Crippen molar-refractivity contribution in [2.24, 2.45) is 4.99 Å². The summed E-state index contributed by atoms with van der Waals surface area (Å²) in [4.78, 5) is 30.9. The number of allylic oxidation sites excluding steroid dienone is 1. The molecule has 0 amide bonds. The predicted molar refractivity (Wildman–Crippen MR) is 107 cm³/mol. The summed E-state index contributed by atoms with van der Waals surface area (Å²) >= 11 is 1.27. The second kappa shape index (κ2) is 7.56. The molecule has 29 heavy (non-hydrogen) atoms. The molecule has 0 saturated carbocycles. The largest absolute Gasteiger partial charge is 0.497 e. The first-order chi connectivity index (χ1) is 14.0. The van der Waals surface area contributed by atoms with E-state index < -0.39 is 12.0 Å². The summed E-state index contributed by atoms with van der Waals surface area (Å²) in [6.45, 7) is 1.75. The molecule has 0 saturated heterocycles. The van der Waals surface area contributed by atoms with Gasteiger partial charge in [-0.1, -0.05) is 23.5 Å². The van der Waals surface area contributed by atoms with Gasteiger partial charge in [0.15, 0.2) is 4.80 Å². The molecule has 0 aliphatic carbocycles. The van der Waals surface area contributed by atoms with Gasteiger partial charge >= 0.3 is 5.97 Å². The highest BCUT2D eigenvalue weighted by Gasteiger charge is 2.33. The number of methoxy groups -OCH3 is 2. The van der Waals surface area contributed by atoms with Crippen LogP contribution in [0.5, 0.6) is 5.75 Å². The molecule has 4 rings (SSSR count). The molecule has 1 aromatic carbocycles. The molecular weight excluding hydrogens is 392 g/mol. The number of carbonyl (C=O) groups is 1. The molecule has 0 N–H and O–H groups in total. The number of thiazole rings is 1. The Labute approximate surface area is 169 Å². The van der Waals surface area contributed by atoms with Crippen LogP contribution < -0.4 is 19.6 Å². The van der Waals surface area contributed by atoms with Crippen LogP contribution in [0.3, 0.4) is 0 Å². The zero-order valence-corrected chi connectivity index (χ0v) is 16.9. The van der Waals surface area contributed by atoms with Gasteiger partial charge in [-0.15, -0.1) is 0 Å². The van der Waals surface area contributed by atoms with Gasteiger partial charge < -0.3 is 13.9 Å². The van der Waals surface area contributed by atoms with Crippen LogP contribution in [-0.2, 0) is 9.53 Å². The van der Waals surface area contributed by atoms with E-state index in [2.05, 4.69) is 4.99 Å². The van der Waals surface area contributed by atoms with Gasteiger partial charge in [0.1, 0.15) is 5.75 Å². The SMILES string of the molecule is COC(=O)C1=C(C)N=c2sc(=Cc3ccoc3)c(=O)n2[C@H]1c1ccc(OC)cc1. The zero-order chi connectivity index (χ0) is 20.5. The van der Waals surface area contributed by atoms with Crippen molar-refractivity contribution in [2.45, 2.75) is 13.0 Å². The number of hydrogen-bond acceptors (Lipinski definition) is 7. The predicted octanol–water partition coefficient (Wildman–Crippen LogP) is 2.01. The molecule has 0 unspecified atom stereocenters. The van der Waals surface area contributed by atoms with E-state index in [0.29, 0.717) is 26.4 Å². The number of aromatic nitrogens is 1. The van der Waals surface area contributed by atoms with Crippen LogP contribution in [0, 0.1) is 0 Å². The number of rotatable bonds is 4. The summed E-state index contributed by atoms with van der Waals surface area (Å²) < 4.78 is 17.3. The molecular formula is C21H18N2O5S. The van der Waals surface area contributed by atoms with Crippen molar-refractivity contribution in [2.75, 3.05) is 14.2 Å². The number of ether oxygens (including phenoxy) is 2. The van der Waals surface area contributed by atoms with Crippen LogP contribution in [0.25, 0.3) is 6.08 Å². The summed E-state index contributed by atoms with van der Waals surface area (Å²) in [5.74, 6) is 0.164. The number of benzene rings is 1. The van der Waals surface area contributed by atoms with Crippen LogP contribution in [0.1, 0.15) is 24.1 Å². The number of nitrogens with zero attached hydrogens (tertiary/aromatic N) is 2. The third kappa shape index (κ3) is 3.31. The molecule has 0 spiro atoms. The summed E-state index contributed by atoms with van der Waals surface area (Å²) in [6.07, 6.45) is 4.85. The zero-order valence-electron chi connectivity index (χ0n) is 16.0. The number of hydrogen-bond donors (Lipinski definition) is 0. The lowest BCUT2D eigenvalue weighted by atomic mass is 9.96. The summed E-state index contributed by atoms with van der Waals surface area (Å²) in [6, 6.07) is 8.37. The molecule has 3 aromatic rings. The van der Waals surface area contributed by atoms with E-state index in [-0.39, 0.29) is 5.56 Å². The van der Waals surface area contributed by atoms with Gasteiger partial charge in [0.2, 0.25) is 0 Å². The fourth-order valence-electron chi connectivity index (χ4n) is 3.30. The van der Waals surface area contributed by atoms with Crippen LogP contribution in [0.15, 0.2) is 68.3 Å². The summed E-state index contributed by atoms with van der Waals surface area (Å²) in [7, 11) is 2.90. The van der Waals surface area contributed by atoms with E-state index in [1.807, 2.05) is 12.1 Å². The Bertz CT molecular complexity index is 1260. The number of carbonyl (C=O) groups excluding carboxylic acids is 1. The van der Waals surface area contributed by atoms with Crippen molar-refractivity contribution in [3.63, 3.8) is 0 Å². The smallest absolute Gasteiger partial charge is 0.338 e. The Morgan fingerprint density at radius 3 is 2.62 bits per heavy atom. The summed E-state index contributed by atoms with van der Waals surface area (Å²) in [5.41, 5.74) is 2.16. The van der Waals surface area contributed by atoms with E-state index >= 15 is 0 Å². The topological polar surface area (TPSA) is 83.0 Å². The average Bonchev–Trinajstić information content (AvgIpc) is 3.35. The minimum Gasteiger partial charge on any atom is -0.497 e. The lowest BCUT2D eigenvalue weighted by molar-refractivity contribution is -0.136. The molecule has 7 nitrogen and oxygen atoms in total. The van der Waals surface area contributed by atoms with E-state index in [9.17, 15) is 9.59 Å². The van der Waals surface area contributed by atoms with Gasteiger partial charge in [-0.3, -0.25) is 9.36 Å². The van der Waals surface area contributed by atoms with Gasteiger partial charge in [-0.05, 0) is 36.8 Å². The third-order valence-electron chi connectivity index (χ3n) is 4.70. The van der Waals surface area contributed by atoms with Crippen molar-refractivity contribution in [3.05, 3.63) is 84.9 Å². The highest BCUT2D eigenvalue weighted by Crippen LogP contribution is 2.31. The number of esters is 1. The minimum absolute atomic E-state index is 0.232. The maximum Gasteiger partial charge on any atom is 0.338 e. The van der Waals surface area contributed by atoms with Crippen LogP contribution in [-0.4, -0.2) is 24.8 Å². The van der Waals surface area contributed by atoms with Crippen LogP contribution in [0.4, 0.5) is 0 Å². The van der Waals surface area contributed by atoms with E-state index in [4.69, 9.17) is 13.9 Å². The Balaban J connectivity index is 1.97. The van der Waals surface area contributed by atoms with E-state index in [0.717, 1.165) is 11.1 Å². The number of furan rings is 1. The van der Waals surface area contributed by atoms with Crippen molar-refractivity contribution in [3.8, 4) is 5.75 Å². The van der Waals surface area contributed by atoms with Gasteiger partial charge in [-0.2, -0.15) is 0 Å². The van der Waals surface area contributed by atoms with Crippen LogP contribution in [0.2, 0.25) is 0 Å². The second-order valence-electron chi connectivity index (χ2n) is 6.40. The highest BCUT2D eigenvalue weighted by molar-refractivity contribution is 7.07. The molecule has 8 heteroatoms. The van der Waals surface area contributed by atoms with Crippen molar-refractivity contribution >= 4 is 23.4 Å². The maximum atomic E-state index is 13.3. The average molecular weight is 410 g/mol. The molecule has 1 aliphatic heterocycles. The highest BCUT2D eigenvalue weighted by atomic mass is 32.1. The molecule has 3 heterocycles. The Morgan fingerprint density at radius 1 is 1.24 bits per heavy atom. The first-order valence-electron chi connectivity index (χ1n) is 8.80. The fraction of sp³-hybridized carbons (Fsp3) is 0.190. The van der Waals surface area contributed by atoms with Crippen molar-refractivity contribution < 1.29 is 18.7 Å². The van der Waals surface area contributed by atoms with Gasteiger partial charge in [0.05, 0.1) is 48.6 Å². The van der Waals surface area contributed by atoms with Gasteiger partial charge in [0, 0.05) is 5.56 Å². The van der Waals surface area contributed by atoms with Crippen molar-refractivity contribution in [1.29, 1.82) is 0 Å². The van der Waals surface area contributed by atoms with Crippen LogP contribution >= 0.6 is 11.3 Å². The van der Waals surface area contributed by atoms with Gasteiger partial charge in [-0.25, -0.2) is 9.79 Å². The molecule has 1 aliphatic rings. The lowest BCUT2D eigenvalue weighted by Crippen LogP contribution is -2.39. The first kappa shape index (κ1) is 18.9. The number of fused-ring (bicyclic) bond motifs is 1. The Kier molecular flexibility index (Phi) is 4.94.